The molecule has 2 aromatic carbocycles. The van der Waals surface area contributed by atoms with E-state index in [9.17, 15) is 9.90 Å². The number of phenolic OH excluding ortho intramolecular Hbond substituents is 1. The highest BCUT2D eigenvalue weighted by Crippen LogP contribution is 2.28. The molecular weight excluding hydrogens is 385 g/mol. The van der Waals surface area contributed by atoms with E-state index in [-0.39, 0.29) is 11.3 Å². The van der Waals surface area contributed by atoms with Crippen LogP contribution in [0.5, 0.6) is 5.75 Å². The normalized spacial score (nSPS) is 11.1. The zero-order valence-electron chi connectivity index (χ0n) is 14.7. The summed E-state index contributed by atoms with van der Waals surface area (Å²) >= 11 is 12.4. The summed E-state index contributed by atoms with van der Waals surface area (Å²) in [6.07, 6.45) is 1.55. The van der Waals surface area contributed by atoms with Gasteiger partial charge < -0.3 is 9.67 Å². The molecule has 0 saturated heterocycles. The molecule has 0 saturated carbocycles. The summed E-state index contributed by atoms with van der Waals surface area (Å²) < 4.78 is 1.97. The van der Waals surface area contributed by atoms with Gasteiger partial charge in [0.05, 0.1) is 22.5 Å². The van der Waals surface area contributed by atoms with E-state index in [0.717, 1.165) is 22.6 Å². The minimum absolute atomic E-state index is 0.0982. The monoisotopic (exact) mass is 401 g/mol. The van der Waals surface area contributed by atoms with Gasteiger partial charge in [-0.3, -0.25) is 4.79 Å². The van der Waals surface area contributed by atoms with Crippen molar-refractivity contribution >= 4 is 35.3 Å². The Kier molecular flexibility index (Phi) is 5.54. The molecule has 0 radical (unpaired) electrons. The third-order valence-corrected chi connectivity index (χ3v) is 4.69. The van der Waals surface area contributed by atoms with Crippen LogP contribution in [-0.2, 0) is 0 Å². The maximum Gasteiger partial charge on any atom is 0.275 e. The molecule has 3 aromatic rings. The summed E-state index contributed by atoms with van der Waals surface area (Å²) in [6, 6.07) is 13.5. The predicted octanol–water partition coefficient (Wildman–Crippen LogP) is 4.87. The lowest BCUT2D eigenvalue weighted by Gasteiger charge is -2.12. The van der Waals surface area contributed by atoms with Gasteiger partial charge in [0.1, 0.15) is 5.75 Å². The van der Waals surface area contributed by atoms with Crippen molar-refractivity contribution in [2.75, 3.05) is 0 Å². The molecule has 0 aliphatic rings. The van der Waals surface area contributed by atoms with Crippen molar-refractivity contribution in [1.82, 2.24) is 9.99 Å². The second-order valence-electron chi connectivity index (χ2n) is 5.97. The molecule has 0 spiro atoms. The Balaban J connectivity index is 1.85. The molecule has 5 nitrogen and oxygen atoms in total. The molecule has 0 bridgehead atoms. The Labute approximate surface area is 166 Å². The molecule has 1 heterocycles. The number of nitrogens with one attached hydrogen (secondary N) is 1. The van der Waals surface area contributed by atoms with Crippen molar-refractivity contribution < 1.29 is 9.90 Å². The van der Waals surface area contributed by atoms with E-state index in [4.69, 9.17) is 23.2 Å². The Morgan fingerprint density at radius 1 is 1.15 bits per heavy atom. The molecule has 138 valence electrons. The number of carbonyl (C=O) groups excluding carboxylic acids is 1. The summed E-state index contributed by atoms with van der Waals surface area (Å²) in [5.74, 6) is -0.588. The van der Waals surface area contributed by atoms with E-state index >= 15 is 0 Å². The van der Waals surface area contributed by atoms with E-state index in [0.29, 0.717) is 10.0 Å². The number of rotatable bonds is 4. The van der Waals surface area contributed by atoms with Crippen LogP contribution in [0, 0.1) is 13.8 Å². The lowest BCUT2D eigenvalue weighted by Crippen LogP contribution is -2.17. The summed E-state index contributed by atoms with van der Waals surface area (Å²) in [6.45, 7) is 3.87. The number of hydrogen-bond acceptors (Lipinski definition) is 3. The second-order valence-corrected chi connectivity index (χ2v) is 6.82. The summed E-state index contributed by atoms with van der Waals surface area (Å²) in [7, 11) is 0. The van der Waals surface area contributed by atoms with Gasteiger partial charge in [0.2, 0.25) is 0 Å². The number of aromatic nitrogens is 1. The Bertz CT molecular complexity index is 1040. The van der Waals surface area contributed by atoms with Gasteiger partial charge in [0.25, 0.3) is 5.91 Å². The number of hydrogen-bond donors (Lipinski definition) is 2. The van der Waals surface area contributed by atoms with Gasteiger partial charge in [0.15, 0.2) is 0 Å². The summed E-state index contributed by atoms with van der Waals surface area (Å²) in [5.41, 5.74) is 6.02. The van der Waals surface area contributed by atoms with Crippen LogP contribution in [0.3, 0.4) is 0 Å². The molecule has 0 aliphatic heterocycles. The largest absolute Gasteiger partial charge is 0.507 e. The van der Waals surface area contributed by atoms with Crippen LogP contribution in [0.4, 0.5) is 0 Å². The SMILES string of the molecule is Cc1cc(/C=N\NC(=O)c2ccccc2O)c(C)n1-c1cc(Cl)ccc1Cl. The van der Waals surface area contributed by atoms with Gasteiger partial charge in [-0.2, -0.15) is 5.10 Å². The number of carbonyl (C=O) groups is 1. The zero-order valence-corrected chi connectivity index (χ0v) is 16.2. The molecule has 1 aromatic heterocycles. The average molecular weight is 402 g/mol. The number of hydrazone groups is 1. The number of aryl methyl sites for hydroxylation is 1. The van der Waals surface area contributed by atoms with Crippen molar-refractivity contribution in [3.8, 4) is 11.4 Å². The molecular formula is C20H17Cl2N3O2. The lowest BCUT2D eigenvalue weighted by molar-refractivity contribution is 0.0952. The topological polar surface area (TPSA) is 66.6 Å². The molecule has 3 rings (SSSR count). The molecule has 2 N–H and O–H groups in total. The van der Waals surface area contributed by atoms with Gasteiger partial charge in [-0.05, 0) is 50.2 Å². The molecule has 0 atom stereocenters. The number of aromatic hydroxyl groups is 1. The lowest BCUT2D eigenvalue weighted by atomic mass is 10.2. The Morgan fingerprint density at radius 3 is 2.63 bits per heavy atom. The van der Waals surface area contributed by atoms with Gasteiger partial charge in [-0.1, -0.05) is 35.3 Å². The fraction of sp³-hybridized carbons (Fsp3) is 0.100. The Hall–Kier alpha value is -2.76. The van der Waals surface area contributed by atoms with Gasteiger partial charge in [0, 0.05) is 22.0 Å². The van der Waals surface area contributed by atoms with Crippen LogP contribution >= 0.6 is 23.2 Å². The maximum absolute atomic E-state index is 12.1. The fourth-order valence-electron chi connectivity index (χ4n) is 2.83. The number of benzene rings is 2. The molecule has 0 aliphatic carbocycles. The number of nitrogens with zero attached hydrogens (tertiary/aromatic N) is 2. The first-order chi connectivity index (χ1) is 12.9. The number of amides is 1. The van der Waals surface area contributed by atoms with Crippen LogP contribution < -0.4 is 5.43 Å². The van der Waals surface area contributed by atoms with Crippen molar-refractivity contribution in [2.24, 2.45) is 5.10 Å². The molecule has 0 fully saturated rings. The number of phenols is 1. The van der Waals surface area contributed by atoms with Crippen molar-refractivity contribution in [3.05, 3.63) is 81.1 Å². The molecule has 1 amide bonds. The molecule has 0 unspecified atom stereocenters. The van der Waals surface area contributed by atoms with E-state index in [1.54, 1.807) is 36.5 Å². The number of para-hydroxylation sites is 1. The highest BCUT2D eigenvalue weighted by atomic mass is 35.5. The first-order valence-electron chi connectivity index (χ1n) is 8.14. The summed E-state index contributed by atoms with van der Waals surface area (Å²) in [4.78, 5) is 12.1. The molecule has 7 heteroatoms. The van der Waals surface area contributed by atoms with Crippen LogP contribution in [0.25, 0.3) is 5.69 Å². The van der Waals surface area contributed by atoms with Crippen LogP contribution in [0.15, 0.2) is 53.6 Å². The highest BCUT2D eigenvalue weighted by Gasteiger charge is 2.13. The minimum Gasteiger partial charge on any atom is -0.507 e. The van der Waals surface area contributed by atoms with Gasteiger partial charge >= 0.3 is 0 Å². The van der Waals surface area contributed by atoms with Crippen molar-refractivity contribution in [3.63, 3.8) is 0 Å². The smallest absolute Gasteiger partial charge is 0.275 e. The van der Waals surface area contributed by atoms with Gasteiger partial charge in [-0.25, -0.2) is 5.43 Å². The standard InChI is InChI=1S/C20H17Cl2N3O2/c1-12-9-14(11-23-24-20(27)16-5-3-4-6-19(16)26)13(2)25(12)18-10-15(21)7-8-17(18)22/h3-11,26H,1-2H3,(H,24,27)/b23-11-. The maximum atomic E-state index is 12.1. The minimum atomic E-state index is -0.490. The molecule has 27 heavy (non-hydrogen) atoms. The first-order valence-corrected chi connectivity index (χ1v) is 8.90. The summed E-state index contributed by atoms with van der Waals surface area (Å²) in [5, 5.41) is 14.9. The van der Waals surface area contributed by atoms with Crippen molar-refractivity contribution in [2.45, 2.75) is 13.8 Å². The quantitative estimate of drug-likeness (QED) is 0.483. The first kappa shape index (κ1) is 19.0. The van der Waals surface area contributed by atoms with E-state index in [1.165, 1.54) is 12.1 Å². The predicted molar refractivity (Wildman–Crippen MR) is 108 cm³/mol. The van der Waals surface area contributed by atoms with E-state index in [1.807, 2.05) is 24.5 Å². The highest BCUT2D eigenvalue weighted by molar-refractivity contribution is 6.34. The van der Waals surface area contributed by atoms with Crippen LogP contribution in [0.1, 0.15) is 27.3 Å². The van der Waals surface area contributed by atoms with E-state index in [2.05, 4.69) is 10.5 Å². The third-order valence-electron chi connectivity index (χ3n) is 4.14. The Morgan fingerprint density at radius 2 is 1.89 bits per heavy atom. The van der Waals surface area contributed by atoms with E-state index < -0.39 is 5.91 Å². The van der Waals surface area contributed by atoms with Gasteiger partial charge in [-0.15, -0.1) is 0 Å². The second kappa shape index (κ2) is 7.86. The number of halogens is 2. The fourth-order valence-corrected chi connectivity index (χ4v) is 3.20. The average Bonchev–Trinajstić information content (AvgIpc) is 2.91. The van der Waals surface area contributed by atoms with Crippen molar-refractivity contribution in [1.29, 1.82) is 0 Å². The van der Waals surface area contributed by atoms with Crippen LogP contribution in [0.2, 0.25) is 10.0 Å². The third kappa shape index (κ3) is 3.99. The zero-order chi connectivity index (χ0) is 19.6. The van der Waals surface area contributed by atoms with Crippen LogP contribution in [-0.4, -0.2) is 21.8 Å².